The fourth-order valence-electron chi connectivity index (χ4n) is 1.91. The monoisotopic (exact) mass is 274 g/mol. The lowest BCUT2D eigenvalue weighted by Crippen LogP contribution is -2.42. The van der Waals surface area contributed by atoms with E-state index in [9.17, 15) is 8.42 Å². The van der Waals surface area contributed by atoms with E-state index in [2.05, 4.69) is 0 Å². The summed E-state index contributed by atoms with van der Waals surface area (Å²) >= 11 is 5.93. The Morgan fingerprint density at radius 3 is 2.41 bits per heavy atom. The van der Waals surface area contributed by atoms with E-state index in [1.807, 2.05) is 0 Å². The number of nitrogens with two attached hydrogens (primary N) is 1. The van der Waals surface area contributed by atoms with Crippen molar-refractivity contribution in [1.29, 1.82) is 0 Å². The minimum atomic E-state index is -3.47. The molecule has 2 rings (SSSR count). The molecule has 17 heavy (non-hydrogen) atoms. The van der Waals surface area contributed by atoms with E-state index in [4.69, 9.17) is 17.3 Å². The molecule has 1 aliphatic heterocycles. The van der Waals surface area contributed by atoms with E-state index in [0.29, 0.717) is 25.9 Å². The average Bonchev–Trinajstić information content (AvgIpc) is 2.30. The van der Waals surface area contributed by atoms with Crippen LogP contribution in [0.15, 0.2) is 29.2 Å². The van der Waals surface area contributed by atoms with Crippen molar-refractivity contribution in [2.45, 2.75) is 23.8 Å². The Hall–Kier alpha value is -0.620. The Bertz CT molecular complexity index is 496. The van der Waals surface area contributed by atoms with Crippen molar-refractivity contribution in [2.75, 3.05) is 13.1 Å². The van der Waals surface area contributed by atoms with Gasteiger partial charge in [0.1, 0.15) is 4.90 Å². The minimum Gasteiger partial charge on any atom is -0.328 e. The largest absolute Gasteiger partial charge is 0.328 e. The topological polar surface area (TPSA) is 63.4 Å². The summed E-state index contributed by atoms with van der Waals surface area (Å²) in [5.74, 6) is 0. The number of benzene rings is 1. The van der Waals surface area contributed by atoms with Gasteiger partial charge < -0.3 is 5.73 Å². The fraction of sp³-hybridized carbons (Fsp3) is 0.455. The molecule has 0 spiro atoms. The molecule has 0 amide bonds. The lowest BCUT2D eigenvalue weighted by atomic mass is 10.1. The van der Waals surface area contributed by atoms with Crippen LogP contribution < -0.4 is 5.73 Å². The molecule has 0 saturated carbocycles. The van der Waals surface area contributed by atoms with Crippen LogP contribution >= 0.6 is 11.6 Å². The summed E-state index contributed by atoms with van der Waals surface area (Å²) in [4.78, 5) is 0.178. The van der Waals surface area contributed by atoms with Gasteiger partial charge in [-0.3, -0.25) is 0 Å². The number of rotatable bonds is 2. The smallest absolute Gasteiger partial charge is 0.244 e. The first-order valence-corrected chi connectivity index (χ1v) is 7.34. The maximum Gasteiger partial charge on any atom is 0.244 e. The van der Waals surface area contributed by atoms with Crippen LogP contribution in [-0.2, 0) is 10.0 Å². The normalized spacial score (nSPS) is 19.4. The van der Waals surface area contributed by atoms with Gasteiger partial charge in [-0.25, -0.2) is 8.42 Å². The highest BCUT2D eigenvalue weighted by Crippen LogP contribution is 2.26. The molecule has 4 nitrogen and oxygen atoms in total. The van der Waals surface area contributed by atoms with E-state index >= 15 is 0 Å². The Balaban J connectivity index is 2.28. The second kappa shape index (κ2) is 4.94. The predicted octanol–water partition coefficient (Wildman–Crippen LogP) is 1.45. The van der Waals surface area contributed by atoms with Crippen LogP contribution in [0.3, 0.4) is 0 Å². The number of hydrogen-bond acceptors (Lipinski definition) is 3. The second-order valence-corrected chi connectivity index (χ2v) is 6.49. The molecule has 1 saturated heterocycles. The molecule has 1 aliphatic rings. The van der Waals surface area contributed by atoms with Gasteiger partial charge in [-0.05, 0) is 25.0 Å². The predicted molar refractivity (Wildman–Crippen MR) is 67.4 cm³/mol. The quantitative estimate of drug-likeness (QED) is 0.888. The van der Waals surface area contributed by atoms with Crippen LogP contribution in [0, 0.1) is 0 Å². The van der Waals surface area contributed by atoms with E-state index in [1.165, 1.54) is 10.4 Å². The molecule has 1 fully saturated rings. The highest BCUT2D eigenvalue weighted by atomic mass is 35.5. The Morgan fingerprint density at radius 2 is 1.82 bits per heavy atom. The van der Waals surface area contributed by atoms with Crippen molar-refractivity contribution in [2.24, 2.45) is 5.73 Å². The van der Waals surface area contributed by atoms with Gasteiger partial charge >= 0.3 is 0 Å². The molecule has 0 aromatic heterocycles. The zero-order valence-electron chi connectivity index (χ0n) is 9.34. The molecule has 2 N–H and O–H groups in total. The molecule has 1 aromatic carbocycles. The van der Waals surface area contributed by atoms with Crippen molar-refractivity contribution < 1.29 is 8.42 Å². The maximum absolute atomic E-state index is 12.3. The van der Waals surface area contributed by atoms with E-state index in [-0.39, 0.29) is 16.0 Å². The van der Waals surface area contributed by atoms with Gasteiger partial charge in [-0.1, -0.05) is 23.7 Å². The maximum atomic E-state index is 12.3. The molecule has 1 aromatic rings. The third-order valence-corrected chi connectivity index (χ3v) is 5.35. The van der Waals surface area contributed by atoms with Crippen LogP contribution in [0.25, 0.3) is 0 Å². The minimum absolute atomic E-state index is 0.104. The lowest BCUT2D eigenvalue weighted by Gasteiger charge is -2.29. The number of halogens is 1. The lowest BCUT2D eigenvalue weighted by molar-refractivity contribution is 0.320. The molecule has 0 radical (unpaired) electrons. The number of sulfonamides is 1. The summed E-state index contributed by atoms with van der Waals surface area (Å²) in [5, 5.41) is 0.266. The standard InChI is InChI=1S/C11H15ClN2O2S/c12-10-3-1-2-4-11(10)17(15,16)14-7-5-9(13)6-8-14/h1-4,9H,5-8,13H2. The molecule has 0 unspecified atom stereocenters. The molecule has 0 aliphatic carbocycles. The highest BCUT2D eigenvalue weighted by molar-refractivity contribution is 7.89. The van der Waals surface area contributed by atoms with Gasteiger partial charge in [0.15, 0.2) is 0 Å². The Labute approximate surface area is 106 Å². The Kier molecular flexibility index (Phi) is 3.73. The third-order valence-electron chi connectivity index (χ3n) is 2.95. The zero-order chi connectivity index (χ0) is 12.5. The summed E-state index contributed by atoms with van der Waals surface area (Å²) in [6, 6.07) is 6.62. The highest BCUT2D eigenvalue weighted by Gasteiger charge is 2.29. The second-order valence-electron chi connectivity index (χ2n) is 4.17. The van der Waals surface area contributed by atoms with Gasteiger partial charge in [0, 0.05) is 19.1 Å². The summed E-state index contributed by atoms with van der Waals surface area (Å²) in [6.45, 7) is 0.934. The van der Waals surface area contributed by atoms with Crippen molar-refractivity contribution in [3.05, 3.63) is 29.3 Å². The van der Waals surface area contributed by atoms with Gasteiger partial charge in [0.25, 0.3) is 0 Å². The molecular formula is C11H15ClN2O2S. The molecule has 0 bridgehead atoms. The number of hydrogen-bond donors (Lipinski definition) is 1. The first-order chi connectivity index (χ1) is 8.01. The van der Waals surface area contributed by atoms with Crippen molar-refractivity contribution in [3.63, 3.8) is 0 Å². The van der Waals surface area contributed by atoms with Crippen molar-refractivity contribution in [3.8, 4) is 0 Å². The van der Waals surface area contributed by atoms with Crippen molar-refractivity contribution in [1.82, 2.24) is 4.31 Å². The van der Waals surface area contributed by atoms with Gasteiger partial charge in [0.2, 0.25) is 10.0 Å². The van der Waals surface area contributed by atoms with Gasteiger partial charge in [-0.2, -0.15) is 4.31 Å². The summed E-state index contributed by atoms with van der Waals surface area (Å²) < 4.78 is 26.1. The molecule has 0 atom stereocenters. The first-order valence-electron chi connectivity index (χ1n) is 5.52. The number of piperidine rings is 1. The zero-order valence-corrected chi connectivity index (χ0v) is 10.9. The van der Waals surface area contributed by atoms with Crippen LogP contribution in [0.2, 0.25) is 5.02 Å². The van der Waals surface area contributed by atoms with Crippen LogP contribution in [-0.4, -0.2) is 31.9 Å². The third kappa shape index (κ3) is 2.63. The Morgan fingerprint density at radius 1 is 1.24 bits per heavy atom. The van der Waals surface area contributed by atoms with E-state index < -0.39 is 10.0 Å². The van der Waals surface area contributed by atoms with Gasteiger partial charge in [0.05, 0.1) is 5.02 Å². The fourth-order valence-corrected chi connectivity index (χ4v) is 3.87. The van der Waals surface area contributed by atoms with Crippen LogP contribution in [0.1, 0.15) is 12.8 Å². The molecule has 94 valence electrons. The molecular weight excluding hydrogens is 260 g/mol. The van der Waals surface area contributed by atoms with Crippen molar-refractivity contribution >= 4 is 21.6 Å². The first kappa shape index (κ1) is 12.8. The summed E-state index contributed by atoms with van der Waals surface area (Å²) in [5.41, 5.74) is 5.76. The van der Waals surface area contributed by atoms with Crippen LogP contribution in [0.5, 0.6) is 0 Å². The summed E-state index contributed by atoms with van der Waals surface area (Å²) in [6.07, 6.45) is 1.40. The SMILES string of the molecule is NC1CCN(S(=O)(=O)c2ccccc2Cl)CC1. The summed E-state index contributed by atoms with van der Waals surface area (Å²) in [7, 11) is -3.47. The molecule has 1 heterocycles. The number of nitrogens with zero attached hydrogens (tertiary/aromatic N) is 1. The van der Waals surface area contributed by atoms with E-state index in [1.54, 1.807) is 18.2 Å². The van der Waals surface area contributed by atoms with E-state index in [0.717, 1.165) is 0 Å². The van der Waals surface area contributed by atoms with Gasteiger partial charge in [-0.15, -0.1) is 0 Å². The average molecular weight is 275 g/mol. The van der Waals surface area contributed by atoms with Crippen LogP contribution in [0.4, 0.5) is 0 Å². The molecule has 6 heteroatoms.